The van der Waals surface area contributed by atoms with Gasteiger partial charge in [0.2, 0.25) is 0 Å². The molecular weight excluding hydrogens is 321 g/mol. The number of halogens is 1. The molecule has 5 nitrogen and oxygen atoms in total. The number of aliphatic imine (C=N–C) groups is 1. The van der Waals surface area contributed by atoms with E-state index in [-0.39, 0.29) is 11.9 Å². The Bertz CT molecular complexity index is 536. The van der Waals surface area contributed by atoms with Gasteiger partial charge in [-0.3, -0.25) is 0 Å². The predicted molar refractivity (Wildman–Crippen MR) is 98.6 cm³/mol. The van der Waals surface area contributed by atoms with E-state index >= 15 is 0 Å². The third-order valence-corrected chi connectivity index (χ3v) is 4.13. The number of hydrogen-bond acceptors (Lipinski definition) is 3. The van der Waals surface area contributed by atoms with Crippen molar-refractivity contribution in [3.05, 3.63) is 30.1 Å². The lowest BCUT2D eigenvalue weighted by molar-refractivity contribution is 0.114. The molecule has 6 heteroatoms. The van der Waals surface area contributed by atoms with E-state index in [2.05, 4.69) is 17.1 Å². The van der Waals surface area contributed by atoms with Gasteiger partial charge >= 0.3 is 0 Å². The highest BCUT2D eigenvalue weighted by Crippen LogP contribution is 2.17. The van der Waals surface area contributed by atoms with Crippen molar-refractivity contribution < 1.29 is 13.9 Å². The fourth-order valence-corrected chi connectivity index (χ4v) is 2.87. The van der Waals surface area contributed by atoms with E-state index < -0.39 is 0 Å². The Labute approximate surface area is 150 Å². The minimum Gasteiger partial charge on any atom is -0.489 e. The summed E-state index contributed by atoms with van der Waals surface area (Å²) in [5.74, 6) is 1.89. The Kier molecular flexibility index (Phi) is 7.98. The van der Waals surface area contributed by atoms with Gasteiger partial charge in [-0.2, -0.15) is 0 Å². The molecule has 140 valence electrons. The predicted octanol–water partition coefficient (Wildman–Crippen LogP) is 2.92. The van der Waals surface area contributed by atoms with Crippen LogP contribution in [0, 0.1) is 11.7 Å². The maximum Gasteiger partial charge on any atom is 0.194 e. The highest BCUT2D eigenvalue weighted by Gasteiger charge is 2.25. The van der Waals surface area contributed by atoms with E-state index in [4.69, 9.17) is 14.5 Å². The molecule has 0 spiro atoms. The Morgan fingerprint density at radius 1 is 1.36 bits per heavy atom. The third kappa shape index (κ3) is 6.53. The topological polar surface area (TPSA) is 46.1 Å². The number of hydrogen-bond donors (Lipinski definition) is 1. The van der Waals surface area contributed by atoms with Gasteiger partial charge in [0.1, 0.15) is 17.7 Å². The summed E-state index contributed by atoms with van der Waals surface area (Å²) >= 11 is 0. The van der Waals surface area contributed by atoms with E-state index in [1.807, 2.05) is 13.8 Å². The average Bonchev–Trinajstić information content (AvgIpc) is 3.07. The number of likely N-dealkylation sites (tertiary alicyclic amines) is 1. The fourth-order valence-electron chi connectivity index (χ4n) is 2.87. The fraction of sp³-hybridized carbons (Fsp3) is 0.632. The Hall–Kier alpha value is -1.82. The molecule has 1 aromatic carbocycles. The molecule has 1 aliphatic rings. The molecule has 0 aromatic heterocycles. The first-order valence-corrected chi connectivity index (χ1v) is 9.15. The molecule has 1 heterocycles. The van der Waals surface area contributed by atoms with Crippen molar-refractivity contribution in [2.75, 3.05) is 39.4 Å². The highest BCUT2D eigenvalue weighted by molar-refractivity contribution is 5.80. The second-order valence-electron chi connectivity index (χ2n) is 6.34. The summed E-state index contributed by atoms with van der Waals surface area (Å²) in [6.07, 6.45) is 1.05. The summed E-state index contributed by atoms with van der Waals surface area (Å²) in [4.78, 5) is 7.00. The second-order valence-corrected chi connectivity index (χ2v) is 6.34. The van der Waals surface area contributed by atoms with Gasteiger partial charge < -0.3 is 19.7 Å². The molecule has 0 amide bonds. The van der Waals surface area contributed by atoms with E-state index in [1.165, 1.54) is 12.1 Å². The average molecular weight is 351 g/mol. The molecule has 0 saturated carbocycles. The zero-order valence-corrected chi connectivity index (χ0v) is 15.5. The van der Waals surface area contributed by atoms with Crippen LogP contribution in [0.15, 0.2) is 29.3 Å². The standard InChI is InChI=1S/C19H30FN3O2/c1-4-21-19(23-11-10-16(13-23)14-24-5-2)22-12-15(3)25-18-8-6-17(20)7-9-18/h6-9,15-16H,4-5,10-14H2,1-3H3,(H,21,22). The number of rotatable bonds is 8. The highest BCUT2D eigenvalue weighted by atomic mass is 19.1. The van der Waals surface area contributed by atoms with E-state index in [0.29, 0.717) is 18.2 Å². The molecule has 25 heavy (non-hydrogen) atoms. The zero-order valence-electron chi connectivity index (χ0n) is 15.5. The molecule has 1 fully saturated rings. The van der Waals surface area contributed by atoms with Gasteiger partial charge in [0.15, 0.2) is 5.96 Å². The van der Waals surface area contributed by atoms with Crippen molar-refractivity contribution in [3.63, 3.8) is 0 Å². The lowest BCUT2D eigenvalue weighted by Crippen LogP contribution is -2.41. The van der Waals surface area contributed by atoms with E-state index in [0.717, 1.165) is 45.2 Å². The van der Waals surface area contributed by atoms with E-state index in [9.17, 15) is 4.39 Å². The molecule has 0 bridgehead atoms. The molecular formula is C19H30FN3O2. The third-order valence-electron chi connectivity index (χ3n) is 4.13. The van der Waals surface area contributed by atoms with Crippen molar-refractivity contribution in [3.8, 4) is 5.75 Å². The monoisotopic (exact) mass is 351 g/mol. The minimum atomic E-state index is -0.261. The normalized spacial score (nSPS) is 19.1. The summed E-state index contributed by atoms with van der Waals surface area (Å²) in [6, 6.07) is 6.08. The molecule has 2 atom stereocenters. The van der Waals surface area contributed by atoms with Crippen molar-refractivity contribution in [1.82, 2.24) is 10.2 Å². The summed E-state index contributed by atoms with van der Waals surface area (Å²) in [5, 5.41) is 3.36. The van der Waals surface area contributed by atoms with Crippen molar-refractivity contribution in [2.24, 2.45) is 10.9 Å². The van der Waals surface area contributed by atoms with Crippen molar-refractivity contribution >= 4 is 5.96 Å². The maximum absolute atomic E-state index is 12.9. The molecule has 1 aromatic rings. The first-order valence-electron chi connectivity index (χ1n) is 9.15. The van der Waals surface area contributed by atoms with Gasteiger partial charge in [-0.1, -0.05) is 0 Å². The van der Waals surface area contributed by atoms with Gasteiger partial charge in [0.05, 0.1) is 13.2 Å². The van der Waals surface area contributed by atoms with Crippen LogP contribution in [0.1, 0.15) is 27.2 Å². The van der Waals surface area contributed by atoms with Crippen LogP contribution in [0.3, 0.4) is 0 Å². The largest absolute Gasteiger partial charge is 0.489 e. The van der Waals surface area contributed by atoms with Gasteiger partial charge in [-0.15, -0.1) is 0 Å². The number of nitrogens with zero attached hydrogens (tertiary/aromatic N) is 2. The Morgan fingerprint density at radius 3 is 2.80 bits per heavy atom. The summed E-state index contributed by atoms with van der Waals surface area (Å²) in [5.41, 5.74) is 0. The SMILES string of the molecule is CCNC(=NCC(C)Oc1ccc(F)cc1)N1CCC(COCC)C1. The smallest absolute Gasteiger partial charge is 0.194 e. The van der Waals surface area contributed by atoms with Gasteiger partial charge in [0.25, 0.3) is 0 Å². The summed E-state index contributed by atoms with van der Waals surface area (Å²) < 4.78 is 24.3. The van der Waals surface area contributed by atoms with Crippen LogP contribution in [0.4, 0.5) is 4.39 Å². The quantitative estimate of drug-likeness (QED) is 0.578. The van der Waals surface area contributed by atoms with Crippen LogP contribution in [0.25, 0.3) is 0 Å². The van der Waals surface area contributed by atoms with Crippen LogP contribution in [-0.2, 0) is 4.74 Å². The van der Waals surface area contributed by atoms with Crippen LogP contribution in [-0.4, -0.2) is 56.4 Å². The molecule has 1 N–H and O–H groups in total. The minimum absolute atomic E-state index is 0.0825. The van der Waals surface area contributed by atoms with Crippen LogP contribution < -0.4 is 10.1 Å². The summed E-state index contributed by atoms with van der Waals surface area (Å²) in [6.45, 7) is 11.0. The van der Waals surface area contributed by atoms with Crippen LogP contribution in [0.2, 0.25) is 0 Å². The zero-order chi connectivity index (χ0) is 18.1. The first-order chi connectivity index (χ1) is 12.1. The molecule has 1 aliphatic heterocycles. The number of nitrogens with one attached hydrogen (secondary N) is 1. The van der Waals surface area contributed by atoms with Crippen molar-refractivity contribution in [2.45, 2.75) is 33.3 Å². The Balaban J connectivity index is 1.87. The van der Waals surface area contributed by atoms with Gasteiger partial charge in [0, 0.05) is 32.2 Å². The lowest BCUT2D eigenvalue weighted by Gasteiger charge is -2.22. The number of benzene rings is 1. The maximum atomic E-state index is 12.9. The molecule has 0 radical (unpaired) electrons. The van der Waals surface area contributed by atoms with E-state index in [1.54, 1.807) is 12.1 Å². The molecule has 0 aliphatic carbocycles. The number of guanidine groups is 1. The molecule has 1 saturated heterocycles. The Morgan fingerprint density at radius 2 is 2.12 bits per heavy atom. The number of ether oxygens (including phenoxy) is 2. The van der Waals surface area contributed by atoms with Crippen LogP contribution in [0.5, 0.6) is 5.75 Å². The van der Waals surface area contributed by atoms with Crippen molar-refractivity contribution in [1.29, 1.82) is 0 Å². The second kappa shape index (κ2) is 10.2. The lowest BCUT2D eigenvalue weighted by atomic mass is 10.1. The molecule has 2 rings (SSSR count). The first kappa shape index (κ1) is 19.5. The van der Waals surface area contributed by atoms with Gasteiger partial charge in [-0.25, -0.2) is 9.38 Å². The summed E-state index contributed by atoms with van der Waals surface area (Å²) in [7, 11) is 0. The molecule has 2 unspecified atom stereocenters. The van der Waals surface area contributed by atoms with Crippen LogP contribution >= 0.6 is 0 Å². The van der Waals surface area contributed by atoms with Gasteiger partial charge in [-0.05, 0) is 51.5 Å².